The fourth-order valence-corrected chi connectivity index (χ4v) is 4.09. The molecule has 0 spiro atoms. The molecule has 0 saturated carbocycles. The van der Waals surface area contributed by atoms with Crippen molar-refractivity contribution in [3.8, 4) is 0 Å². The fourth-order valence-electron chi connectivity index (χ4n) is 3.05. The van der Waals surface area contributed by atoms with Crippen molar-refractivity contribution in [3.05, 3.63) is 59.7 Å². The predicted octanol–water partition coefficient (Wildman–Crippen LogP) is 2.57. The Bertz CT molecular complexity index is 917. The summed E-state index contributed by atoms with van der Waals surface area (Å²) >= 11 is 0. The smallest absolute Gasteiger partial charge is 0.251 e. The number of methoxy groups -OCH3 is 1. The van der Waals surface area contributed by atoms with E-state index in [-0.39, 0.29) is 24.0 Å². The van der Waals surface area contributed by atoms with Gasteiger partial charge in [0.25, 0.3) is 5.91 Å². The van der Waals surface area contributed by atoms with Gasteiger partial charge in [0, 0.05) is 44.5 Å². The summed E-state index contributed by atoms with van der Waals surface area (Å²) in [6.07, 6.45) is 0.782. The molecular weight excluding hydrogens is 402 g/mol. The summed E-state index contributed by atoms with van der Waals surface area (Å²) in [5, 5.41) is 2.90. The lowest BCUT2D eigenvalue weighted by Gasteiger charge is -2.23. The fraction of sp³-hybridized carbons (Fsp3) is 0.409. The summed E-state index contributed by atoms with van der Waals surface area (Å²) in [4.78, 5) is 14.9. The molecule has 0 aliphatic rings. The molecule has 7 nitrogen and oxygen atoms in total. The lowest BCUT2D eigenvalue weighted by molar-refractivity contribution is 0.0952. The molecule has 2 aromatic carbocycles. The van der Waals surface area contributed by atoms with Gasteiger partial charge in [0.2, 0.25) is 10.0 Å². The molecule has 0 bridgehead atoms. The number of hydrogen-bond donors (Lipinski definition) is 2. The number of nitrogens with zero attached hydrogens (tertiary/aromatic N) is 1. The van der Waals surface area contributed by atoms with E-state index in [1.165, 1.54) is 19.2 Å². The SMILES string of the molecule is CCN(CCCNC(=O)c1cc(S(=O)(=O)NCCOC)ccc1C)c1ccccc1. The summed E-state index contributed by atoms with van der Waals surface area (Å²) in [6, 6.07) is 14.7. The van der Waals surface area contributed by atoms with Gasteiger partial charge in [0.15, 0.2) is 0 Å². The van der Waals surface area contributed by atoms with Gasteiger partial charge in [0.1, 0.15) is 0 Å². The second kappa shape index (κ2) is 11.7. The zero-order valence-corrected chi connectivity index (χ0v) is 18.7. The Morgan fingerprint density at radius 1 is 1.10 bits per heavy atom. The van der Waals surface area contributed by atoms with Crippen molar-refractivity contribution in [3.63, 3.8) is 0 Å². The summed E-state index contributed by atoms with van der Waals surface area (Å²) in [5.74, 6) is -0.274. The molecule has 0 aliphatic carbocycles. The van der Waals surface area contributed by atoms with E-state index >= 15 is 0 Å². The highest BCUT2D eigenvalue weighted by Crippen LogP contribution is 2.16. The Balaban J connectivity index is 1.95. The number of anilines is 1. The third kappa shape index (κ3) is 6.83. The number of benzene rings is 2. The number of aryl methyl sites for hydroxylation is 1. The van der Waals surface area contributed by atoms with Crippen molar-refractivity contribution in [2.75, 3.05) is 44.8 Å². The lowest BCUT2D eigenvalue weighted by Crippen LogP contribution is -2.31. The average Bonchev–Trinajstić information content (AvgIpc) is 2.74. The number of carbonyl (C=O) groups is 1. The van der Waals surface area contributed by atoms with Crippen molar-refractivity contribution in [2.24, 2.45) is 0 Å². The Morgan fingerprint density at radius 2 is 1.83 bits per heavy atom. The number of nitrogens with one attached hydrogen (secondary N) is 2. The van der Waals surface area contributed by atoms with Gasteiger partial charge in [-0.2, -0.15) is 0 Å². The first-order valence-corrected chi connectivity index (χ1v) is 11.5. The molecule has 2 rings (SSSR count). The van der Waals surface area contributed by atoms with Crippen LogP contribution in [-0.2, 0) is 14.8 Å². The van der Waals surface area contributed by atoms with Gasteiger partial charge in [-0.1, -0.05) is 24.3 Å². The molecule has 0 heterocycles. The van der Waals surface area contributed by atoms with Crippen molar-refractivity contribution in [1.29, 1.82) is 0 Å². The Hall–Kier alpha value is -2.42. The Morgan fingerprint density at radius 3 is 2.50 bits per heavy atom. The van der Waals surface area contributed by atoms with Crippen LogP contribution in [0.5, 0.6) is 0 Å². The van der Waals surface area contributed by atoms with Gasteiger partial charge in [-0.05, 0) is 50.1 Å². The van der Waals surface area contributed by atoms with E-state index in [4.69, 9.17) is 4.74 Å². The Labute approximate surface area is 179 Å². The summed E-state index contributed by atoms with van der Waals surface area (Å²) in [6.45, 7) is 6.54. The van der Waals surface area contributed by atoms with E-state index in [0.717, 1.165) is 30.8 Å². The van der Waals surface area contributed by atoms with Crippen LogP contribution in [0.1, 0.15) is 29.3 Å². The normalized spacial score (nSPS) is 11.3. The minimum atomic E-state index is -3.69. The molecule has 164 valence electrons. The van der Waals surface area contributed by atoms with Crippen LogP contribution in [-0.4, -0.2) is 54.2 Å². The number of hydrogen-bond acceptors (Lipinski definition) is 5. The maximum absolute atomic E-state index is 12.6. The predicted molar refractivity (Wildman–Crippen MR) is 120 cm³/mol. The molecular formula is C22H31N3O4S. The number of para-hydroxylation sites is 1. The van der Waals surface area contributed by atoms with Crippen molar-refractivity contribution >= 4 is 21.6 Å². The number of carbonyl (C=O) groups excluding carboxylic acids is 1. The van der Waals surface area contributed by atoms with Gasteiger partial charge in [-0.15, -0.1) is 0 Å². The van der Waals surface area contributed by atoms with Crippen LogP contribution in [0.25, 0.3) is 0 Å². The van der Waals surface area contributed by atoms with Crippen LogP contribution in [0.15, 0.2) is 53.4 Å². The standard InChI is InChI=1S/C22H31N3O4S/c1-4-25(19-9-6-5-7-10-19)15-8-13-23-22(26)21-17-20(12-11-18(21)2)30(27,28)24-14-16-29-3/h5-7,9-12,17,24H,4,8,13-16H2,1-3H3,(H,23,26). The van der Waals surface area contributed by atoms with Crippen molar-refractivity contribution < 1.29 is 17.9 Å². The van der Waals surface area contributed by atoms with E-state index < -0.39 is 10.0 Å². The van der Waals surface area contributed by atoms with Crippen LogP contribution in [0.2, 0.25) is 0 Å². The lowest BCUT2D eigenvalue weighted by atomic mass is 10.1. The van der Waals surface area contributed by atoms with Gasteiger partial charge in [0.05, 0.1) is 11.5 Å². The molecule has 2 aromatic rings. The van der Waals surface area contributed by atoms with Gasteiger partial charge < -0.3 is 15.0 Å². The summed E-state index contributed by atoms with van der Waals surface area (Å²) < 4.78 is 32.1. The van der Waals surface area contributed by atoms with E-state index in [2.05, 4.69) is 34.0 Å². The number of rotatable bonds is 12. The van der Waals surface area contributed by atoms with Crippen molar-refractivity contribution in [1.82, 2.24) is 10.0 Å². The number of amides is 1. The average molecular weight is 434 g/mol. The first kappa shape index (κ1) is 23.9. The highest BCUT2D eigenvalue weighted by Gasteiger charge is 2.17. The molecule has 0 saturated heterocycles. The minimum absolute atomic E-state index is 0.0654. The quantitative estimate of drug-likeness (QED) is 0.503. The molecule has 0 radical (unpaired) electrons. The first-order chi connectivity index (χ1) is 14.4. The van der Waals surface area contributed by atoms with E-state index in [9.17, 15) is 13.2 Å². The monoisotopic (exact) mass is 433 g/mol. The third-order valence-corrected chi connectivity index (χ3v) is 6.21. The van der Waals surface area contributed by atoms with Gasteiger partial charge in [-0.25, -0.2) is 13.1 Å². The summed E-state index contributed by atoms with van der Waals surface area (Å²) in [5.41, 5.74) is 2.24. The zero-order chi connectivity index (χ0) is 22.0. The van der Waals surface area contributed by atoms with Crippen LogP contribution in [0.4, 0.5) is 5.69 Å². The van der Waals surface area contributed by atoms with Crippen LogP contribution < -0.4 is 14.9 Å². The second-order valence-electron chi connectivity index (χ2n) is 6.89. The maximum atomic E-state index is 12.6. The van der Waals surface area contributed by atoms with Gasteiger partial charge >= 0.3 is 0 Å². The molecule has 0 unspecified atom stereocenters. The van der Waals surface area contributed by atoms with Gasteiger partial charge in [-0.3, -0.25) is 4.79 Å². The summed E-state index contributed by atoms with van der Waals surface area (Å²) in [7, 11) is -2.19. The van der Waals surface area contributed by atoms with Crippen molar-refractivity contribution in [2.45, 2.75) is 25.2 Å². The molecule has 30 heavy (non-hydrogen) atoms. The number of ether oxygens (including phenoxy) is 1. The highest BCUT2D eigenvalue weighted by molar-refractivity contribution is 7.89. The molecule has 0 atom stereocenters. The largest absolute Gasteiger partial charge is 0.383 e. The van der Waals surface area contributed by atoms with Crippen LogP contribution in [0, 0.1) is 6.92 Å². The van der Waals surface area contributed by atoms with Crippen LogP contribution in [0.3, 0.4) is 0 Å². The zero-order valence-electron chi connectivity index (χ0n) is 17.8. The Kier molecular flexibility index (Phi) is 9.29. The molecule has 0 aromatic heterocycles. The molecule has 0 aliphatic heterocycles. The third-order valence-electron chi connectivity index (χ3n) is 4.76. The molecule has 8 heteroatoms. The molecule has 1 amide bonds. The van der Waals surface area contributed by atoms with E-state index in [0.29, 0.717) is 12.1 Å². The number of sulfonamides is 1. The van der Waals surface area contributed by atoms with Crippen LogP contribution >= 0.6 is 0 Å². The molecule has 2 N–H and O–H groups in total. The second-order valence-corrected chi connectivity index (χ2v) is 8.66. The van der Waals surface area contributed by atoms with E-state index in [1.807, 2.05) is 18.2 Å². The maximum Gasteiger partial charge on any atom is 0.251 e. The van der Waals surface area contributed by atoms with E-state index in [1.54, 1.807) is 13.0 Å². The minimum Gasteiger partial charge on any atom is -0.383 e. The first-order valence-electron chi connectivity index (χ1n) is 10.1. The molecule has 0 fully saturated rings. The highest BCUT2D eigenvalue weighted by atomic mass is 32.2. The topological polar surface area (TPSA) is 87.7 Å².